The summed E-state index contributed by atoms with van der Waals surface area (Å²) >= 11 is 0. The van der Waals surface area contributed by atoms with Crippen LogP contribution in [0.4, 0.5) is 0 Å². The van der Waals surface area contributed by atoms with Crippen molar-refractivity contribution in [3.05, 3.63) is 18.0 Å². The Labute approximate surface area is 135 Å². The molecule has 4 rings (SSSR count). The molecule has 3 heterocycles. The van der Waals surface area contributed by atoms with E-state index in [2.05, 4.69) is 5.10 Å². The summed E-state index contributed by atoms with van der Waals surface area (Å²) in [6.07, 6.45) is 4.82. The zero-order valence-corrected chi connectivity index (χ0v) is 13.2. The second-order valence-electron chi connectivity index (χ2n) is 6.57. The number of carbonyl (C=O) groups excluding carboxylic acids is 2. The number of ether oxygens (including phenoxy) is 1. The molecule has 2 aliphatic heterocycles. The number of morpholine rings is 1. The lowest BCUT2D eigenvalue weighted by Gasteiger charge is -2.39. The van der Waals surface area contributed by atoms with Crippen molar-refractivity contribution in [2.24, 2.45) is 5.92 Å². The Morgan fingerprint density at radius 1 is 1.13 bits per heavy atom. The van der Waals surface area contributed by atoms with Crippen LogP contribution in [0.3, 0.4) is 0 Å². The molecule has 2 amide bonds. The van der Waals surface area contributed by atoms with E-state index in [4.69, 9.17) is 4.74 Å². The number of rotatable bonds is 2. The lowest BCUT2D eigenvalue weighted by atomic mass is 9.84. The molecule has 7 heteroatoms. The van der Waals surface area contributed by atoms with Crippen LogP contribution in [0.2, 0.25) is 0 Å². The van der Waals surface area contributed by atoms with Crippen LogP contribution in [0, 0.1) is 5.92 Å². The molecule has 1 saturated heterocycles. The van der Waals surface area contributed by atoms with Gasteiger partial charge in [-0.15, -0.1) is 0 Å². The molecule has 1 atom stereocenters. The van der Waals surface area contributed by atoms with Crippen LogP contribution < -0.4 is 0 Å². The maximum absolute atomic E-state index is 12.9. The van der Waals surface area contributed by atoms with Gasteiger partial charge in [-0.1, -0.05) is 6.42 Å². The van der Waals surface area contributed by atoms with Gasteiger partial charge in [0.15, 0.2) is 0 Å². The summed E-state index contributed by atoms with van der Waals surface area (Å²) in [7, 11) is 0. The largest absolute Gasteiger partial charge is 0.378 e. The minimum absolute atomic E-state index is 0.0457. The zero-order chi connectivity index (χ0) is 15.8. The average Bonchev–Trinajstić information content (AvgIpc) is 3.01. The fourth-order valence-corrected chi connectivity index (χ4v) is 3.55. The van der Waals surface area contributed by atoms with Crippen molar-refractivity contribution in [1.29, 1.82) is 0 Å². The second-order valence-corrected chi connectivity index (χ2v) is 6.57. The zero-order valence-electron chi connectivity index (χ0n) is 13.2. The molecule has 0 spiro atoms. The normalized spacial score (nSPS) is 25.0. The molecule has 1 aromatic rings. The second kappa shape index (κ2) is 5.96. The highest BCUT2D eigenvalue weighted by atomic mass is 16.5. The van der Waals surface area contributed by atoms with Gasteiger partial charge in [0, 0.05) is 25.2 Å². The summed E-state index contributed by atoms with van der Waals surface area (Å²) in [6.45, 7) is 3.37. The smallest absolute Gasteiger partial charge is 0.249 e. The van der Waals surface area contributed by atoms with E-state index in [0.717, 1.165) is 25.0 Å². The highest BCUT2D eigenvalue weighted by molar-refractivity contribution is 5.84. The van der Waals surface area contributed by atoms with Crippen molar-refractivity contribution < 1.29 is 14.3 Å². The van der Waals surface area contributed by atoms with Gasteiger partial charge in [0.05, 0.1) is 32.0 Å². The first kappa shape index (κ1) is 14.7. The van der Waals surface area contributed by atoms with Crippen molar-refractivity contribution >= 4 is 11.8 Å². The quantitative estimate of drug-likeness (QED) is 0.793. The van der Waals surface area contributed by atoms with Gasteiger partial charge in [-0.2, -0.15) is 5.10 Å². The van der Waals surface area contributed by atoms with E-state index in [-0.39, 0.29) is 17.7 Å². The van der Waals surface area contributed by atoms with Gasteiger partial charge in [0.2, 0.25) is 11.8 Å². The molecule has 2 fully saturated rings. The highest BCUT2D eigenvalue weighted by Crippen LogP contribution is 2.31. The lowest BCUT2D eigenvalue weighted by Crippen LogP contribution is -2.51. The third-order valence-electron chi connectivity index (χ3n) is 5.17. The Kier molecular flexibility index (Phi) is 3.80. The summed E-state index contributed by atoms with van der Waals surface area (Å²) in [5, 5.41) is 4.33. The SMILES string of the molecule is O=C(C1CCC1)N1Cc2ccnn2[C@H](C(=O)N2CCOCC2)C1. The van der Waals surface area contributed by atoms with Crippen LogP contribution in [0.1, 0.15) is 31.0 Å². The maximum atomic E-state index is 12.9. The van der Waals surface area contributed by atoms with E-state index in [1.807, 2.05) is 15.9 Å². The number of amides is 2. The number of carbonyl (C=O) groups is 2. The van der Waals surface area contributed by atoms with Gasteiger partial charge in [-0.05, 0) is 18.9 Å². The van der Waals surface area contributed by atoms with E-state index in [9.17, 15) is 9.59 Å². The molecule has 23 heavy (non-hydrogen) atoms. The first-order valence-electron chi connectivity index (χ1n) is 8.42. The monoisotopic (exact) mass is 318 g/mol. The fraction of sp³-hybridized carbons (Fsp3) is 0.688. The molecule has 1 aliphatic carbocycles. The summed E-state index contributed by atoms with van der Waals surface area (Å²) < 4.78 is 7.12. The molecule has 1 aromatic heterocycles. The first-order chi connectivity index (χ1) is 11.2. The summed E-state index contributed by atoms with van der Waals surface area (Å²) in [5.41, 5.74) is 0.940. The van der Waals surface area contributed by atoms with Crippen molar-refractivity contribution in [3.63, 3.8) is 0 Å². The lowest BCUT2D eigenvalue weighted by molar-refractivity contribution is -0.145. The number of hydrogen-bond donors (Lipinski definition) is 0. The van der Waals surface area contributed by atoms with Crippen molar-refractivity contribution in [3.8, 4) is 0 Å². The number of fused-ring (bicyclic) bond motifs is 1. The fourth-order valence-electron chi connectivity index (χ4n) is 3.55. The van der Waals surface area contributed by atoms with Gasteiger partial charge < -0.3 is 14.5 Å². The van der Waals surface area contributed by atoms with Crippen molar-refractivity contribution in [2.45, 2.75) is 31.8 Å². The molecule has 0 unspecified atom stereocenters. The Hall–Kier alpha value is -1.89. The van der Waals surface area contributed by atoms with Crippen LogP contribution in [-0.2, 0) is 20.9 Å². The summed E-state index contributed by atoms with van der Waals surface area (Å²) in [6, 6.07) is 1.50. The molecular weight excluding hydrogens is 296 g/mol. The third kappa shape index (κ3) is 2.63. The third-order valence-corrected chi connectivity index (χ3v) is 5.17. The molecule has 0 bridgehead atoms. The van der Waals surface area contributed by atoms with E-state index in [0.29, 0.717) is 39.4 Å². The predicted molar refractivity (Wildman–Crippen MR) is 81.4 cm³/mol. The van der Waals surface area contributed by atoms with Crippen molar-refractivity contribution in [1.82, 2.24) is 19.6 Å². The van der Waals surface area contributed by atoms with Crippen LogP contribution >= 0.6 is 0 Å². The van der Waals surface area contributed by atoms with Crippen LogP contribution in [-0.4, -0.2) is 64.2 Å². The van der Waals surface area contributed by atoms with Gasteiger partial charge in [-0.3, -0.25) is 14.3 Å². The van der Waals surface area contributed by atoms with Gasteiger partial charge in [-0.25, -0.2) is 0 Å². The molecule has 124 valence electrons. The number of hydrogen-bond acceptors (Lipinski definition) is 4. The summed E-state index contributed by atoms with van der Waals surface area (Å²) in [5.74, 6) is 0.399. The van der Waals surface area contributed by atoms with E-state index in [1.165, 1.54) is 0 Å². The first-order valence-corrected chi connectivity index (χ1v) is 8.42. The van der Waals surface area contributed by atoms with E-state index >= 15 is 0 Å². The number of nitrogens with zero attached hydrogens (tertiary/aromatic N) is 4. The molecule has 0 N–H and O–H groups in total. The molecule has 1 saturated carbocycles. The Morgan fingerprint density at radius 3 is 2.61 bits per heavy atom. The minimum Gasteiger partial charge on any atom is -0.378 e. The Morgan fingerprint density at radius 2 is 1.91 bits per heavy atom. The van der Waals surface area contributed by atoms with Gasteiger partial charge >= 0.3 is 0 Å². The molecular formula is C16H22N4O3. The molecule has 0 radical (unpaired) electrons. The van der Waals surface area contributed by atoms with Crippen LogP contribution in [0.15, 0.2) is 12.3 Å². The van der Waals surface area contributed by atoms with Crippen LogP contribution in [0.5, 0.6) is 0 Å². The standard InChI is InChI=1S/C16H22N4O3/c21-15(12-2-1-3-12)19-10-13-4-5-17-20(13)14(11-19)16(22)18-6-8-23-9-7-18/h4-5,12,14H,1-3,6-11H2/t14-/m0/s1. The Bertz CT molecular complexity index is 604. The summed E-state index contributed by atoms with van der Waals surface area (Å²) in [4.78, 5) is 29.2. The van der Waals surface area contributed by atoms with Gasteiger partial charge in [0.25, 0.3) is 0 Å². The number of aromatic nitrogens is 2. The topological polar surface area (TPSA) is 67.7 Å². The van der Waals surface area contributed by atoms with E-state index < -0.39 is 6.04 Å². The molecule has 0 aromatic carbocycles. The van der Waals surface area contributed by atoms with Crippen LogP contribution in [0.25, 0.3) is 0 Å². The van der Waals surface area contributed by atoms with Gasteiger partial charge in [0.1, 0.15) is 6.04 Å². The van der Waals surface area contributed by atoms with E-state index in [1.54, 1.807) is 10.9 Å². The average molecular weight is 318 g/mol. The Balaban J connectivity index is 1.55. The molecule has 7 nitrogen and oxygen atoms in total. The minimum atomic E-state index is -0.407. The van der Waals surface area contributed by atoms with Crippen molar-refractivity contribution in [2.75, 3.05) is 32.8 Å². The molecule has 3 aliphatic rings. The predicted octanol–water partition coefficient (Wildman–Crippen LogP) is 0.425. The highest BCUT2D eigenvalue weighted by Gasteiger charge is 2.38. The maximum Gasteiger partial charge on any atom is 0.249 e.